The number of rotatable bonds is 2. The Morgan fingerprint density at radius 2 is 2.24 bits per heavy atom. The van der Waals surface area contributed by atoms with E-state index in [1.165, 1.54) is 0 Å². The van der Waals surface area contributed by atoms with E-state index in [2.05, 4.69) is 9.97 Å². The standard InChI is InChI=1S/C12H12N4O/c1-16-5-4-9-11(13)14-10(15-12(9)16)7-8-3-2-6-17-8/h2-6H,7H2,1H3,(H2,13,14,15). The molecule has 17 heavy (non-hydrogen) atoms. The van der Waals surface area contributed by atoms with E-state index in [9.17, 15) is 0 Å². The molecule has 5 heteroatoms. The van der Waals surface area contributed by atoms with E-state index in [-0.39, 0.29) is 0 Å². The number of furan rings is 1. The molecular weight excluding hydrogens is 216 g/mol. The van der Waals surface area contributed by atoms with Crippen LogP contribution in [0.15, 0.2) is 35.1 Å². The van der Waals surface area contributed by atoms with Crippen molar-refractivity contribution in [2.45, 2.75) is 6.42 Å². The minimum absolute atomic E-state index is 0.511. The number of nitrogen functional groups attached to an aromatic ring is 1. The molecule has 2 N–H and O–H groups in total. The molecule has 3 aromatic rings. The predicted molar refractivity (Wildman–Crippen MR) is 64.4 cm³/mol. The van der Waals surface area contributed by atoms with Crippen molar-refractivity contribution in [1.29, 1.82) is 0 Å². The third-order valence-corrected chi connectivity index (χ3v) is 2.71. The van der Waals surface area contributed by atoms with Gasteiger partial charge in [0.1, 0.15) is 23.0 Å². The summed E-state index contributed by atoms with van der Waals surface area (Å²) in [6, 6.07) is 5.66. The number of nitrogens with two attached hydrogens (primary N) is 1. The fourth-order valence-corrected chi connectivity index (χ4v) is 1.86. The average molecular weight is 228 g/mol. The zero-order valence-electron chi connectivity index (χ0n) is 9.42. The van der Waals surface area contributed by atoms with E-state index < -0.39 is 0 Å². The third-order valence-electron chi connectivity index (χ3n) is 2.71. The first-order valence-electron chi connectivity index (χ1n) is 5.34. The fourth-order valence-electron chi connectivity index (χ4n) is 1.86. The minimum Gasteiger partial charge on any atom is -0.469 e. The molecule has 0 unspecified atom stereocenters. The molecular formula is C12H12N4O. The molecule has 3 rings (SSSR count). The number of aromatic nitrogens is 3. The van der Waals surface area contributed by atoms with Crippen molar-refractivity contribution >= 4 is 16.9 Å². The Labute approximate surface area is 97.9 Å². The molecule has 0 aliphatic carbocycles. The quantitative estimate of drug-likeness (QED) is 0.725. The van der Waals surface area contributed by atoms with E-state index >= 15 is 0 Å². The van der Waals surface area contributed by atoms with Crippen LogP contribution in [0.2, 0.25) is 0 Å². The lowest BCUT2D eigenvalue weighted by atomic mass is 10.3. The fraction of sp³-hybridized carbons (Fsp3) is 0.167. The Kier molecular flexibility index (Phi) is 2.11. The molecule has 0 radical (unpaired) electrons. The van der Waals surface area contributed by atoms with Crippen LogP contribution < -0.4 is 5.73 Å². The van der Waals surface area contributed by atoms with Crippen molar-refractivity contribution in [3.8, 4) is 0 Å². The molecule has 86 valence electrons. The van der Waals surface area contributed by atoms with E-state index in [1.54, 1.807) is 6.26 Å². The van der Waals surface area contributed by atoms with Gasteiger partial charge in [0.15, 0.2) is 0 Å². The zero-order valence-corrected chi connectivity index (χ0v) is 9.42. The average Bonchev–Trinajstić information content (AvgIpc) is 2.90. The van der Waals surface area contributed by atoms with Crippen LogP contribution >= 0.6 is 0 Å². The monoisotopic (exact) mass is 228 g/mol. The molecule has 0 spiro atoms. The molecule has 5 nitrogen and oxygen atoms in total. The Bertz CT molecular complexity index is 655. The molecule has 0 amide bonds. The second-order valence-electron chi connectivity index (χ2n) is 3.95. The summed E-state index contributed by atoms with van der Waals surface area (Å²) in [5.74, 6) is 2.02. The second-order valence-corrected chi connectivity index (χ2v) is 3.95. The maximum Gasteiger partial charge on any atom is 0.145 e. The smallest absolute Gasteiger partial charge is 0.145 e. The Hall–Kier alpha value is -2.30. The van der Waals surface area contributed by atoms with Crippen molar-refractivity contribution in [2.24, 2.45) is 7.05 Å². The number of anilines is 1. The van der Waals surface area contributed by atoms with E-state index in [4.69, 9.17) is 10.2 Å². The first-order chi connectivity index (χ1) is 8.24. The second kappa shape index (κ2) is 3.62. The molecule has 0 saturated heterocycles. The summed E-state index contributed by atoms with van der Waals surface area (Å²) >= 11 is 0. The Morgan fingerprint density at radius 1 is 1.35 bits per heavy atom. The zero-order chi connectivity index (χ0) is 11.8. The molecule has 0 aromatic carbocycles. The summed E-state index contributed by atoms with van der Waals surface area (Å²) in [7, 11) is 1.94. The van der Waals surface area contributed by atoms with Gasteiger partial charge >= 0.3 is 0 Å². The van der Waals surface area contributed by atoms with Crippen LogP contribution in [0.1, 0.15) is 11.6 Å². The highest BCUT2D eigenvalue weighted by Crippen LogP contribution is 2.19. The SMILES string of the molecule is Cn1ccc2c(N)nc(Cc3ccco3)nc21. The molecule has 0 fully saturated rings. The lowest BCUT2D eigenvalue weighted by Crippen LogP contribution is -2.02. The van der Waals surface area contributed by atoms with Crippen LogP contribution in [-0.2, 0) is 13.5 Å². The van der Waals surface area contributed by atoms with Crippen LogP contribution in [0, 0.1) is 0 Å². The Morgan fingerprint density at radius 3 is 3.00 bits per heavy atom. The summed E-state index contributed by atoms with van der Waals surface area (Å²) in [5, 5.41) is 0.885. The third kappa shape index (κ3) is 1.65. The van der Waals surface area contributed by atoms with Crippen molar-refractivity contribution in [3.05, 3.63) is 42.2 Å². The highest BCUT2D eigenvalue weighted by molar-refractivity contribution is 5.86. The largest absolute Gasteiger partial charge is 0.469 e. The van der Waals surface area contributed by atoms with E-state index in [0.717, 1.165) is 16.8 Å². The number of hydrogen-bond acceptors (Lipinski definition) is 4. The number of aryl methyl sites for hydroxylation is 1. The number of hydrogen-bond donors (Lipinski definition) is 1. The maximum atomic E-state index is 5.90. The van der Waals surface area contributed by atoms with Gasteiger partial charge in [0.2, 0.25) is 0 Å². The minimum atomic E-state index is 0.511. The van der Waals surface area contributed by atoms with Crippen LogP contribution in [-0.4, -0.2) is 14.5 Å². The molecule has 0 aliphatic rings. The van der Waals surface area contributed by atoms with Crippen molar-refractivity contribution in [1.82, 2.24) is 14.5 Å². The number of nitrogens with zero attached hydrogens (tertiary/aromatic N) is 3. The molecule has 0 atom stereocenters. The van der Waals surface area contributed by atoms with Gasteiger partial charge in [0.05, 0.1) is 18.1 Å². The van der Waals surface area contributed by atoms with Gasteiger partial charge in [0, 0.05) is 13.2 Å². The van der Waals surface area contributed by atoms with Crippen LogP contribution in [0.5, 0.6) is 0 Å². The van der Waals surface area contributed by atoms with Gasteiger partial charge in [-0.05, 0) is 18.2 Å². The first kappa shape index (κ1) is 9.89. The number of fused-ring (bicyclic) bond motifs is 1. The molecule has 0 bridgehead atoms. The summed E-state index contributed by atoms with van der Waals surface area (Å²) in [5.41, 5.74) is 6.75. The molecule has 0 saturated carbocycles. The molecule has 3 aromatic heterocycles. The highest BCUT2D eigenvalue weighted by Gasteiger charge is 2.09. The normalized spacial score (nSPS) is 11.1. The maximum absolute atomic E-state index is 5.90. The van der Waals surface area contributed by atoms with Crippen LogP contribution in [0.3, 0.4) is 0 Å². The predicted octanol–water partition coefficient (Wildman–Crippen LogP) is 1.73. The summed E-state index contributed by atoms with van der Waals surface area (Å²) in [6.07, 6.45) is 4.12. The van der Waals surface area contributed by atoms with Crippen LogP contribution in [0.25, 0.3) is 11.0 Å². The van der Waals surface area contributed by atoms with Gasteiger partial charge in [-0.1, -0.05) is 0 Å². The van der Waals surface area contributed by atoms with Gasteiger partial charge in [-0.25, -0.2) is 9.97 Å². The summed E-state index contributed by atoms with van der Waals surface area (Å²) in [6.45, 7) is 0. The molecule has 3 heterocycles. The van der Waals surface area contributed by atoms with Gasteiger partial charge in [-0.2, -0.15) is 0 Å². The van der Waals surface area contributed by atoms with E-state index in [0.29, 0.717) is 18.1 Å². The lowest BCUT2D eigenvalue weighted by molar-refractivity contribution is 0.517. The van der Waals surface area contributed by atoms with Gasteiger partial charge in [-0.15, -0.1) is 0 Å². The van der Waals surface area contributed by atoms with Crippen molar-refractivity contribution in [2.75, 3.05) is 5.73 Å². The topological polar surface area (TPSA) is 69.9 Å². The molecule has 0 aliphatic heterocycles. The first-order valence-corrected chi connectivity index (χ1v) is 5.34. The highest BCUT2D eigenvalue weighted by atomic mass is 16.3. The van der Waals surface area contributed by atoms with Crippen molar-refractivity contribution in [3.63, 3.8) is 0 Å². The van der Waals surface area contributed by atoms with Gasteiger partial charge in [-0.3, -0.25) is 0 Å². The van der Waals surface area contributed by atoms with Crippen LogP contribution in [0.4, 0.5) is 5.82 Å². The van der Waals surface area contributed by atoms with E-state index in [1.807, 2.05) is 36.0 Å². The Balaban J connectivity index is 2.08. The van der Waals surface area contributed by atoms with Crippen molar-refractivity contribution < 1.29 is 4.42 Å². The van der Waals surface area contributed by atoms with Gasteiger partial charge < -0.3 is 14.7 Å². The lowest BCUT2D eigenvalue weighted by Gasteiger charge is -2.02. The summed E-state index contributed by atoms with van der Waals surface area (Å²) < 4.78 is 7.20. The summed E-state index contributed by atoms with van der Waals surface area (Å²) in [4.78, 5) is 8.77. The van der Waals surface area contributed by atoms with Gasteiger partial charge in [0.25, 0.3) is 0 Å².